The smallest absolute Gasteiger partial charge is 0.326 e. The highest BCUT2D eigenvalue weighted by Gasteiger charge is 2.20. The third-order valence-electron chi connectivity index (χ3n) is 2.09. The normalized spacial score (nSPS) is 11.6. The Morgan fingerprint density at radius 1 is 1.39 bits per heavy atom. The molecule has 5 N–H and O–H groups in total. The number of carboxylic acid groups (broad SMARTS) is 1. The summed E-state index contributed by atoms with van der Waals surface area (Å²) in [6.07, 6.45) is 0.500. The zero-order valence-electron chi connectivity index (χ0n) is 10.3. The van der Waals surface area contributed by atoms with E-state index in [1.54, 1.807) is 7.11 Å². The lowest BCUT2D eigenvalue weighted by molar-refractivity contribution is -0.139. The number of hydrogen-bond donors (Lipinski definition) is 4. The van der Waals surface area contributed by atoms with Gasteiger partial charge in [0.05, 0.1) is 0 Å². The van der Waals surface area contributed by atoms with E-state index in [-0.39, 0.29) is 12.8 Å². The van der Waals surface area contributed by atoms with E-state index in [9.17, 15) is 14.4 Å². The lowest BCUT2D eigenvalue weighted by Crippen LogP contribution is -2.46. The number of carbonyl (C=O) groups excluding carboxylic acids is 2. The number of urea groups is 1. The molecule has 1 atom stereocenters. The van der Waals surface area contributed by atoms with Crippen LogP contribution in [0.5, 0.6) is 0 Å². The summed E-state index contributed by atoms with van der Waals surface area (Å²) in [5.41, 5.74) is 4.91. The zero-order chi connectivity index (χ0) is 14.0. The fourth-order valence-corrected chi connectivity index (χ4v) is 1.17. The number of nitrogens with one attached hydrogen (secondary N) is 2. The Balaban J connectivity index is 3.96. The summed E-state index contributed by atoms with van der Waals surface area (Å²) in [4.78, 5) is 32.7. The molecule has 0 unspecified atom stereocenters. The molecule has 0 saturated heterocycles. The number of nitrogens with two attached hydrogens (primary N) is 1. The van der Waals surface area contributed by atoms with Gasteiger partial charge in [-0.25, -0.2) is 9.59 Å². The van der Waals surface area contributed by atoms with Crippen LogP contribution in [0, 0.1) is 0 Å². The van der Waals surface area contributed by atoms with Crippen molar-refractivity contribution in [1.82, 2.24) is 10.6 Å². The van der Waals surface area contributed by atoms with E-state index >= 15 is 0 Å². The minimum Gasteiger partial charge on any atom is -0.480 e. The van der Waals surface area contributed by atoms with Gasteiger partial charge in [0.1, 0.15) is 6.04 Å². The number of carboxylic acids is 1. The lowest BCUT2D eigenvalue weighted by Gasteiger charge is -2.14. The van der Waals surface area contributed by atoms with Gasteiger partial charge in [-0.3, -0.25) is 4.79 Å². The summed E-state index contributed by atoms with van der Waals surface area (Å²) < 4.78 is 4.79. The fraction of sp³-hybridized carbons (Fsp3) is 0.700. The molecule has 0 radical (unpaired) electrons. The molecule has 0 aliphatic heterocycles. The van der Waals surface area contributed by atoms with Gasteiger partial charge >= 0.3 is 12.0 Å². The molecule has 0 fully saturated rings. The van der Waals surface area contributed by atoms with Gasteiger partial charge in [-0.1, -0.05) is 0 Å². The molecule has 0 bridgehead atoms. The summed E-state index contributed by atoms with van der Waals surface area (Å²) in [6.45, 7) is 0.881. The first kappa shape index (κ1) is 16.2. The second-order valence-electron chi connectivity index (χ2n) is 3.64. The van der Waals surface area contributed by atoms with Gasteiger partial charge < -0.3 is 26.2 Å². The molecule has 8 heteroatoms. The number of amides is 3. The van der Waals surface area contributed by atoms with Crippen LogP contribution in [0.15, 0.2) is 0 Å². The molecular formula is C10H19N3O5. The molecule has 0 saturated carbocycles. The summed E-state index contributed by atoms with van der Waals surface area (Å²) >= 11 is 0. The van der Waals surface area contributed by atoms with Gasteiger partial charge in [-0.2, -0.15) is 0 Å². The number of hydrogen-bond acceptors (Lipinski definition) is 4. The lowest BCUT2D eigenvalue weighted by atomic mass is 10.1. The number of aliphatic carboxylic acids is 1. The van der Waals surface area contributed by atoms with Crippen molar-refractivity contribution < 1.29 is 24.2 Å². The van der Waals surface area contributed by atoms with E-state index in [4.69, 9.17) is 15.6 Å². The first-order valence-electron chi connectivity index (χ1n) is 5.51. The van der Waals surface area contributed by atoms with Crippen LogP contribution in [-0.2, 0) is 14.3 Å². The van der Waals surface area contributed by atoms with Gasteiger partial charge in [-0.15, -0.1) is 0 Å². The molecule has 104 valence electrons. The van der Waals surface area contributed by atoms with Gasteiger partial charge in [0.25, 0.3) is 0 Å². The van der Waals surface area contributed by atoms with E-state index in [0.717, 1.165) is 0 Å². The van der Waals surface area contributed by atoms with E-state index in [0.29, 0.717) is 19.6 Å². The van der Waals surface area contributed by atoms with E-state index in [2.05, 4.69) is 10.6 Å². The van der Waals surface area contributed by atoms with Crippen molar-refractivity contribution in [2.75, 3.05) is 20.3 Å². The highest BCUT2D eigenvalue weighted by atomic mass is 16.5. The third kappa shape index (κ3) is 8.34. The summed E-state index contributed by atoms with van der Waals surface area (Å²) in [5, 5.41) is 13.6. The number of ether oxygens (including phenoxy) is 1. The fourth-order valence-electron chi connectivity index (χ4n) is 1.17. The molecule has 0 aliphatic rings. The predicted octanol–water partition coefficient (Wildman–Crippen LogP) is -0.959. The first-order valence-corrected chi connectivity index (χ1v) is 5.51. The number of methoxy groups -OCH3 is 1. The second kappa shape index (κ2) is 9.23. The standard InChI is InChI=1S/C10H19N3O5/c1-18-6-2-5-12-10(17)13-7(9(15)16)3-4-8(11)14/h7H,2-6H2,1H3,(H2,11,14)(H,15,16)(H2,12,13,17)/t7-/m0/s1. The summed E-state index contributed by atoms with van der Waals surface area (Å²) in [5.74, 6) is -1.81. The van der Waals surface area contributed by atoms with Gasteiger partial charge in [-0.05, 0) is 12.8 Å². The van der Waals surface area contributed by atoms with Crippen molar-refractivity contribution in [3.8, 4) is 0 Å². The number of carbonyl (C=O) groups is 3. The average Bonchev–Trinajstić information content (AvgIpc) is 2.29. The molecule has 0 aromatic heterocycles. The van der Waals surface area contributed by atoms with Crippen LogP contribution in [0.4, 0.5) is 4.79 Å². The monoisotopic (exact) mass is 261 g/mol. The summed E-state index contributed by atoms with van der Waals surface area (Å²) in [7, 11) is 1.55. The van der Waals surface area contributed by atoms with E-state index in [1.807, 2.05) is 0 Å². The Hall–Kier alpha value is -1.83. The van der Waals surface area contributed by atoms with Crippen molar-refractivity contribution >= 4 is 17.9 Å². The van der Waals surface area contributed by atoms with Gasteiger partial charge in [0.2, 0.25) is 5.91 Å². The third-order valence-corrected chi connectivity index (χ3v) is 2.09. The molecule has 0 aliphatic carbocycles. The maximum absolute atomic E-state index is 11.3. The second-order valence-corrected chi connectivity index (χ2v) is 3.64. The molecule has 0 heterocycles. The Kier molecular flexibility index (Phi) is 8.29. The average molecular weight is 261 g/mol. The predicted molar refractivity (Wildman–Crippen MR) is 62.9 cm³/mol. The van der Waals surface area contributed by atoms with Crippen LogP contribution >= 0.6 is 0 Å². The first-order chi connectivity index (χ1) is 8.47. The SMILES string of the molecule is COCCCNC(=O)N[C@@H](CCC(N)=O)C(=O)O. The van der Waals surface area contributed by atoms with Crippen LogP contribution in [-0.4, -0.2) is 49.3 Å². The molecule has 0 aromatic carbocycles. The van der Waals surface area contributed by atoms with Crippen LogP contribution < -0.4 is 16.4 Å². The largest absolute Gasteiger partial charge is 0.480 e. The Labute approximate surface area is 105 Å². The minimum absolute atomic E-state index is 0.0316. The molecule has 18 heavy (non-hydrogen) atoms. The highest BCUT2D eigenvalue weighted by Crippen LogP contribution is 1.97. The maximum Gasteiger partial charge on any atom is 0.326 e. The zero-order valence-corrected chi connectivity index (χ0v) is 10.3. The van der Waals surface area contributed by atoms with Gasteiger partial charge in [0, 0.05) is 26.7 Å². The highest BCUT2D eigenvalue weighted by molar-refractivity contribution is 5.83. The van der Waals surface area contributed by atoms with Crippen LogP contribution in [0.2, 0.25) is 0 Å². The Bertz CT molecular complexity index is 295. The van der Waals surface area contributed by atoms with Crippen molar-refractivity contribution in [2.24, 2.45) is 5.73 Å². The Morgan fingerprint density at radius 2 is 2.06 bits per heavy atom. The van der Waals surface area contributed by atoms with Crippen molar-refractivity contribution in [3.63, 3.8) is 0 Å². The molecule has 8 nitrogen and oxygen atoms in total. The van der Waals surface area contributed by atoms with Crippen LogP contribution in [0.1, 0.15) is 19.3 Å². The van der Waals surface area contributed by atoms with E-state index in [1.165, 1.54) is 0 Å². The Morgan fingerprint density at radius 3 is 2.56 bits per heavy atom. The topological polar surface area (TPSA) is 131 Å². The van der Waals surface area contributed by atoms with Crippen molar-refractivity contribution in [3.05, 3.63) is 0 Å². The maximum atomic E-state index is 11.3. The van der Waals surface area contributed by atoms with Crippen LogP contribution in [0.25, 0.3) is 0 Å². The minimum atomic E-state index is -1.21. The number of rotatable bonds is 9. The van der Waals surface area contributed by atoms with Crippen LogP contribution in [0.3, 0.4) is 0 Å². The molecular weight excluding hydrogens is 242 g/mol. The van der Waals surface area contributed by atoms with E-state index < -0.39 is 23.9 Å². The molecule has 0 spiro atoms. The molecule has 0 rings (SSSR count). The van der Waals surface area contributed by atoms with Crippen molar-refractivity contribution in [2.45, 2.75) is 25.3 Å². The quantitative estimate of drug-likeness (QED) is 0.397. The molecule has 3 amide bonds. The van der Waals surface area contributed by atoms with Crippen molar-refractivity contribution in [1.29, 1.82) is 0 Å². The number of primary amides is 1. The van der Waals surface area contributed by atoms with Gasteiger partial charge in [0.15, 0.2) is 0 Å². The molecule has 0 aromatic rings. The summed E-state index contributed by atoms with van der Waals surface area (Å²) in [6, 6.07) is -1.72.